The van der Waals surface area contributed by atoms with Crippen molar-refractivity contribution in [2.75, 3.05) is 13.2 Å². The van der Waals surface area contributed by atoms with Gasteiger partial charge >= 0.3 is 0 Å². The summed E-state index contributed by atoms with van der Waals surface area (Å²) in [5, 5.41) is 9.34. The van der Waals surface area contributed by atoms with Crippen molar-refractivity contribution >= 4 is 5.91 Å². The van der Waals surface area contributed by atoms with Crippen LogP contribution in [-0.2, 0) is 4.79 Å². The molecule has 2 aliphatic rings. The number of hydrogen-bond acceptors (Lipinski definition) is 3. The van der Waals surface area contributed by atoms with Crippen molar-refractivity contribution in [1.82, 2.24) is 4.90 Å². The lowest BCUT2D eigenvalue weighted by Gasteiger charge is -2.36. The van der Waals surface area contributed by atoms with Crippen molar-refractivity contribution in [3.63, 3.8) is 0 Å². The number of nitrogens with zero attached hydrogens (tertiary/aromatic N) is 1. The van der Waals surface area contributed by atoms with Crippen molar-refractivity contribution in [2.45, 2.75) is 63.5 Å². The fourth-order valence-corrected chi connectivity index (χ4v) is 3.40. The fraction of sp³-hybridized carbons (Fsp3) is 0.929. The molecule has 1 heterocycles. The molecular weight excluding hydrogens is 228 g/mol. The van der Waals surface area contributed by atoms with Crippen LogP contribution in [0.4, 0.5) is 0 Å². The third kappa shape index (κ3) is 3.45. The Hall–Kier alpha value is -0.610. The Labute approximate surface area is 110 Å². The Morgan fingerprint density at radius 3 is 2.78 bits per heavy atom. The SMILES string of the molecule is NC1CCCC(CC(=O)N2CCCCC2CO)C1. The summed E-state index contributed by atoms with van der Waals surface area (Å²) in [6.45, 7) is 0.929. The number of aliphatic hydroxyl groups excluding tert-OH is 1. The van der Waals surface area contributed by atoms with E-state index >= 15 is 0 Å². The van der Waals surface area contributed by atoms with Crippen LogP contribution in [0.25, 0.3) is 0 Å². The van der Waals surface area contributed by atoms with Gasteiger partial charge in [0.1, 0.15) is 0 Å². The van der Waals surface area contributed by atoms with Gasteiger partial charge in [0.15, 0.2) is 0 Å². The molecule has 0 spiro atoms. The first-order valence-electron chi connectivity index (χ1n) is 7.36. The molecule has 0 bridgehead atoms. The summed E-state index contributed by atoms with van der Waals surface area (Å²) in [5.41, 5.74) is 5.97. The summed E-state index contributed by atoms with van der Waals surface area (Å²) in [6.07, 6.45) is 8.17. The zero-order valence-electron chi connectivity index (χ0n) is 11.2. The van der Waals surface area contributed by atoms with Gasteiger partial charge in [-0.1, -0.05) is 6.42 Å². The second-order valence-electron chi connectivity index (χ2n) is 5.92. The molecule has 1 amide bonds. The van der Waals surface area contributed by atoms with E-state index in [4.69, 9.17) is 5.73 Å². The summed E-state index contributed by atoms with van der Waals surface area (Å²) in [5.74, 6) is 0.690. The maximum Gasteiger partial charge on any atom is 0.223 e. The zero-order valence-corrected chi connectivity index (χ0v) is 11.2. The van der Waals surface area contributed by atoms with Gasteiger partial charge in [0, 0.05) is 19.0 Å². The van der Waals surface area contributed by atoms with Gasteiger partial charge in [-0.2, -0.15) is 0 Å². The Bertz CT molecular complexity index is 283. The number of hydrogen-bond donors (Lipinski definition) is 2. The highest BCUT2D eigenvalue weighted by Crippen LogP contribution is 2.27. The maximum atomic E-state index is 12.3. The predicted molar refractivity (Wildman–Crippen MR) is 71.0 cm³/mol. The lowest BCUT2D eigenvalue weighted by Crippen LogP contribution is -2.46. The predicted octanol–water partition coefficient (Wildman–Crippen LogP) is 1.27. The quantitative estimate of drug-likeness (QED) is 0.797. The Morgan fingerprint density at radius 2 is 2.06 bits per heavy atom. The van der Waals surface area contributed by atoms with Crippen LogP contribution in [0.3, 0.4) is 0 Å². The summed E-state index contributed by atoms with van der Waals surface area (Å²) in [7, 11) is 0. The molecule has 4 nitrogen and oxygen atoms in total. The highest BCUT2D eigenvalue weighted by atomic mass is 16.3. The Kier molecular flexibility index (Phi) is 5.01. The third-order valence-corrected chi connectivity index (χ3v) is 4.44. The molecule has 3 unspecified atom stereocenters. The van der Waals surface area contributed by atoms with Gasteiger partial charge in [-0.3, -0.25) is 4.79 Å². The topological polar surface area (TPSA) is 66.6 Å². The molecule has 4 heteroatoms. The second-order valence-corrected chi connectivity index (χ2v) is 5.92. The average Bonchev–Trinajstić information content (AvgIpc) is 2.38. The number of piperidine rings is 1. The number of amides is 1. The average molecular weight is 254 g/mol. The number of likely N-dealkylation sites (tertiary alicyclic amines) is 1. The minimum atomic E-state index is 0.0588. The minimum absolute atomic E-state index is 0.0588. The van der Waals surface area contributed by atoms with Gasteiger partial charge in [-0.25, -0.2) is 0 Å². The molecule has 0 radical (unpaired) electrons. The van der Waals surface area contributed by atoms with Crippen molar-refractivity contribution in [1.29, 1.82) is 0 Å². The first-order chi connectivity index (χ1) is 8.70. The van der Waals surface area contributed by atoms with Crippen LogP contribution in [0, 0.1) is 5.92 Å². The van der Waals surface area contributed by atoms with Crippen LogP contribution in [0.5, 0.6) is 0 Å². The zero-order chi connectivity index (χ0) is 13.0. The number of aliphatic hydroxyl groups is 1. The van der Waals surface area contributed by atoms with Gasteiger partial charge in [0.2, 0.25) is 5.91 Å². The second kappa shape index (κ2) is 6.53. The van der Waals surface area contributed by atoms with Crippen molar-refractivity contribution in [3.05, 3.63) is 0 Å². The third-order valence-electron chi connectivity index (χ3n) is 4.44. The highest BCUT2D eigenvalue weighted by molar-refractivity contribution is 5.77. The Morgan fingerprint density at radius 1 is 1.22 bits per heavy atom. The smallest absolute Gasteiger partial charge is 0.223 e. The number of carbonyl (C=O) groups excluding carboxylic acids is 1. The molecular formula is C14H26N2O2. The van der Waals surface area contributed by atoms with Gasteiger partial charge < -0.3 is 15.7 Å². The number of carbonyl (C=O) groups is 1. The molecule has 1 saturated carbocycles. The van der Waals surface area contributed by atoms with Crippen LogP contribution >= 0.6 is 0 Å². The maximum absolute atomic E-state index is 12.3. The fourth-order valence-electron chi connectivity index (χ4n) is 3.40. The van der Waals surface area contributed by atoms with E-state index in [1.165, 1.54) is 0 Å². The van der Waals surface area contributed by atoms with Gasteiger partial charge in [0.05, 0.1) is 12.6 Å². The molecule has 1 aliphatic carbocycles. The van der Waals surface area contributed by atoms with E-state index in [1.54, 1.807) is 0 Å². The molecule has 2 rings (SSSR count). The van der Waals surface area contributed by atoms with E-state index in [1.807, 2.05) is 4.90 Å². The van der Waals surface area contributed by atoms with Gasteiger partial charge in [-0.05, 0) is 44.4 Å². The molecule has 0 aromatic rings. The summed E-state index contributed by atoms with van der Waals surface area (Å²) < 4.78 is 0. The van der Waals surface area contributed by atoms with Gasteiger partial charge in [-0.15, -0.1) is 0 Å². The first kappa shape index (κ1) is 13.8. The van der Waals surface area contributed by atoms with Crippen molar-refractivity contribution in [3.8, 4) is 0 Å². The van der Waals surface area contributed by atoms with Crippen LogP contribution in [0.15, 0.2) is 0 Å². The van der Waals surface area contributed by atoms with E-state index < -0.39 is 0 Å². The summed E-state index contributed by atoms with van der Waals surface area (Å²) in [6, 6.07) is 0.343. The van der Waals surface area contributed by atoms with Crippen LogP contribution in [0.2, 0.25) is 0 Å². The monoisotopic (exact) mass is 254 g/mol. The van der Waals surface area contributed by atoms with Crippen LogP contribution in [0.1, 0.15) is 51.4 Å². The molecule has 104 valence electrons. The van der Waals surface area contributed by atoms with Gasteiger partial charge in [0.25, 0.3) is 0 Å². The van der Waals surface area contributed by atoms with Crippen LogP contribution < -0.4 is 5.73 Å². The van der Waals surface area contributed by atoms with E-state index in [-0.39, 0.29) is 24.6 Å². The lowest BCUT2D eigenvalue weighted by molar-refractivity contribution is -0.137. The molecule has 1 aliphatic heterocycles. The van der Waals surface area contributed by atoms with E-state index in [0.29, 0.717) is 12.3 Å². The standard InChI is InChI=1S/C14H26N2O2/c15-12-5-3-4-11(8-12)9-14(18)16-7-2-1-6-13(16)10-17/h11-13,17H,1-10,15H2. The number of nitrogens with two attached hydrogens (primary N) is 1. The normalized spacial score (nSPS) is 33.4. The van der Waals surface area contributed by atoms with Crippen molar-refractivity contribution in [2.24, 2.45) is 11.7 Å². The summed E-state index contributed by atoms with van der Waals surface area (Å²) >= 11 is 0. The lowest BCUT2D eigenvalue weighted by atomic mass is 9.83. The van der Waals surface area contributed by atoms with E-state index in [0.717, 1.165) is 51.5 Å². The van der Waals surface area contributed by atoms with E-state index in [9.17, 15) is 9.90 Å². The van der Waals surface area contributed by atoms with Crippen LogP contribution in [-0.4, -0.2) is 41.1 Å². The molecule has 1 saturated heterocycles. The Balaban J connectivity index is 1.85. The molecule has 2 fully saturated rings. The first-order valence-corrected chi connectivity index (χ1v) is 7.36. The minimum Gasteiger partial charge on any atom is -0.394 e. The molecule has 18 heavy (non-hydrogen) atoms. The summed E-state index contributed by atoms with van der Waals surface area (Å²) in [4.78, 5) is 14.2. The van der Waals surface area contributed by atoms with Crippen molar-refractivity contribution < 1.29 is 9.90 Å². The molecule has 3 N–H and O–H groups in total. The molecule has 0 aromatic carbocycles. The van der Waals surface area contributed by atoms with E-state index in [2.05, 4.69) is 0 Å². The molecule has 0 aromatic heterocycles. The highest BCUT2D eigenvalue weighted by Gasteiger charge is 2.29. The molecule has 3 atom stereocenters. The largest absolute Gasteiger partial charge is 0.394 e. The number of rotatable bonds is 3.